The van der Waals surface area contributed by atoms with Crippen molar-refractivity contribution in [3.8, 4) is 0 Å². The molecule has 1 aromatic heterocycles. The number of alkyl halides is 1. The molecule has 0 saturated heterocycles. The number of nitrogens with one attached hydrogen (secondary N) is 3. The second kappa shape index (κ2) is 13.5. The zero-order valence-corrected chi connectivity index (χ0v) is 22.8. The number of nitrogens with zero attached hydrogens (tertiary/aromatic N) is 2. The lowest BCUT2D eigenvalue weighted by molar-refractivity contribution is -0.134. The standard InChI is InChI=1S/C29H36FN5O5/c1-3-18(2)25(34-24(36)17-40-14-11-30)28(38)33-22-8-7-20-5-4-6-21-15-23(35(26(20)21)29(22)39)27(37)32-16-19-9-12-31-13-10-19/h4-6,9-10,12-13,18,22-23,25H,3,7-8,11,14-17H2,1-2H3,(H,32,37)(H,33,38)(H,34,36)/t18-,22-,23-,25-/m0/s1. The van der Waals surface area contributed by atoms with E-state index in [0.29, 0.717) is 32.2 Å². The Morgan fingerprint density at radius 2 is 1.93 bits per heavy atom. The van der Waals surface area contributed by atoms with Crippen molar-refractivity contribution in [3.05, 3.63) is 59.4 Å². The molecular formula is C29H36FN5O5. The number of anilines is 1. The van der Waals surface area contributed by atoms with Gasteiger partial charge in [-0.15, -0.1) is 0 Å². The normalized spacial score (nSPS) is 19.3. The number of ether oxygens (including phenoxy) is 1. The summed E-state index contributed by atoms with van der Waals surface area (Å²) in [6, 6.07) is 6.88. The zero-order chi connectivity index (χ0) is 28.6. The number of aryl methyl sites for hydroxylation is 1. The Balaban J connectivity index is 1.50. The van der Waals surface area contributed by atoms with Gasteiger partial charge in [0.05, 0.1) is 12.3 Å². The van der Waals surface area contributed by atoms with Crippen molar-refractivity contribution in [2.75, 3.05) is 24.8 Å². The lowest BCUT2D eigenvalue weighted by atomic mass is 9.97. The van der Waals surface area contributed by atoms with Gasteiger partial charge in [0.2, 0.25) is 23.6 Å². The van der Waals surface area contributed by atoms with Crippen LogP contribution >= 0.6 is 0 Å². The van der Waals surface area contributed by atoms with Gasteiger partial charge in [-0.2, -0.15) is 0 Å². The van der Waals surface area contributed by atoms with E-state index in [9.17, 15) is 23.6 Å². The van der Waals surface area contributed by atoms with E-state index in [0.717, 1.165) is 22.4 Å². The van der Waals surface area contributed by atoms with Crippen LogP contribution in [0.1, 0.15) is 43.4 Å². The van der Waals surface area contributed by atoms with Gasteiger partial charge in [-0.25, -0.2) is 4.39 Å². The fourth-order valence-corrected chi connectivity index (χ4v) is 5.18. The van der Waals surface area contributed by atoms with E-state index in [2.05, 4.69) is 20.9 Å². The van der Waals surface area contributed by atoms with Crippen LogP contribution in [-0.2, 0) is 43.3 Å². The minimum absolute atomic E-state index is 0.208. The smallest absolute Gasteiger partial charge is 0.250 e. The number of carbonyl (C=O) groups is 4. The van der Waals surface area contributed by atoms with Gasteiger partial charge in [-0.3, -0.25) is 29.1 Å². The Morgan fingerprint density at radius 1 is 1.18 bits per heavy atom. The number of aromatic nitrogens is 1. The molecule has 0 unspecified atom stereocenters. The maximum Gasteiger partial charge on any atom is 0.250 e. The number of para-hydroxylation sites is 1. The fourth-order valence-electron chi connectivity index (χ4n) is 5.18. The van der Waals surface area contributed by atoms with Gasteiger partial charge in [0.25, 0.3) is 0 Å². The number of hydrogen-bond donors (Lipinski definition) is 3. The van der Waals surface area contributed by atoms with Crippen LogP contribution in [0.4, 0.5) is 10.1 Å². The van der Waals surface area contributed by atoms with Crippen molar-refractivity contribution in [3.63, 3.8) is 0 Å². The van der Waals surface area contributed by atoms with Crippen molar-refractivity contribution in [1.82, 2.24) is 20.9 Å². The maximum atomic E-state index is 13.9. The zero-order valence-electron chi connectivity index (χ0n) is 22.8. The fraction of sp³-hybridized carbons (Fsp3) is 0.483. The molecule has 4 rings (SSSR count). The molecule has 2 aliphatic rings. The number of rotatable bonds is 12. The molecule has 11 heteroatoms. The van der Waals surface area contributed by atoms with E-state index in [1.807, 2.05) is 44.2 Å². The van der Waals surface area contributed by atoms with Crippen molar-refractivity contribution in [2.45, 2.75) is 64.2 Å². The molecule has 0 fully saturated rings. The third-order valence-electron chi connectivity index (χ3n) is 7.51. The Kier molecular flexibility index (Phi) is 9.81. The van der Waals surface area contributed by atoms with Gasteiger partial charge >= 0.3 is 0 Å². The lowest BCUT2D eigenvalue weighted by Crippen LogP contribution is -2.58. The van der Waals surface area contributed by atoms with Crippen LogP contribution in [0.5, 0.6) is 0 Å². The molecule has 2 aromatic rings. The van der Waals surface area contributed by atoms with Crippen LogP contribution in [0.15, 0.2) is 42.7 Å². The first-order valence-corrected chi connectivity index (χ1v) is 13.7. The Bertz CT molecular complexity index is 1230. The van der Waals surface area contributed by atoms with Crippen LogP contribution < -0.4 is 20.9 Å². The summed E-state index contributed by atoms with van der Waals surface area (Å²) in [5.41, 5.74) is 3.49. The number of benzene rings is 1. The van der Waals surface area contributed by atoms with Gasteiger partial charge < -0.3 is 20.7 Å². The van der Waals surface area contributed by atoms with Crippen molar-refractivity contribution < 1.29 is 28.3 Å². The van der Waals surface area contributed by atoms with E-state index in [1.165, 1.54) is 4.90 Å². The van der Waals surface area contributed by atoms with Gasteiger partial charge in [0.1, 0.15) is 31.4 Å². The number of pyridine rings is 1. The highest BCUT2D eigenvalue weighted by molar-refractivity contribution is 6.08. The highest BCUT2D eigenvalue weighted by Crippen LogP contribution is 2.39. The highest BCUT2D eigenvalue weighted by Gasteiger charge is 2.44. The summed E-state index contributed by atoms with van der Waals surface area (Å²) in [6.45, 7) is 2.73. The van der Waals surface area contributed by atoms with Crippen molar-refractivity contribution in [1.29, 1.82) is 0 Å². The molecule has 0 radical (unpaired) electrons. The largest absolute Gasteiger partial charge is 0.369 e. The quantitative estimate of drug-likeness (QED) is 0.343. The lowest BCUT2D eigenvalue weighted by Gasteiger charge is -2.30. The minimum atomic E-state index is -0.904. The summed E-state index contributed by atoms with van der Waals surface area (Å²) in [4.78, 5) is 58.6. The molecule has 4 atom stereocenters. The summed E-state index contributed by atoms with van der Waals surface area (Å²) < 4.78 is 17.3. The van der Waals surface area contributed by atoms with Crippen LogP contribution in [0.25, 0.3) is 0 Å². The topological polar surface area (TPSA) is 130 Å². The third kappa shape index (κ3) is 6.64. The van der Waals surface area contributed by atoms with Crippen LogP contribution in [-0.4, -0.2) is 66.6 Å². The molecule has 40 heavy (non-hydrogen) atoms. The van der Waals surface area contributed by atoms with Gasteiger partial charge in [-0.05, 0) is 47.6 Å². The van der Waals surface area contributed by atoms with Crippen LogP contribution in [0, 0.1) is 5.92 Å². The van der Waals surface area contributed by atoms with Crippen molar-refractivity contribution in [2.24, 2.45) is 5.92 Å². The molecule has 2 aliphatic heterocycles. The van der Waals surface area contributed by atoms with E-state index in [1.54, 1.807) is 12.4 Å². The minimum Gasteiger partial charge on any atom is -0.369 e. The molecule has 0 saturated carbocycles. The Hall–Kier alpha value is -3.86. The molecule has 3 heterocycles. The highest BCUT2D eigenvalue weighted by atomic mass is 19.1. The van der Waals surface area contributed by atoms with E-state index in [-0.39, 0.29) is 30.9 Å². The summed E-state index contributed by atoms with van der Waals surface area (Å²) in [5, 5.41) is 8.45. The number of halogens is 1. The first-order chi connectivity index (χ1) is 19.3. The molecule has 0 aliphatic carbocycles. The number of hydrogen-bond acceptors (Lipinski definition) is 6. The third-order valence-corrected chi connectivity index (χ3v) is 7.51. The maximum absolute atomic E-state index is 13.9. The Morgan fingerprint density at radius 3 is 2.65 bits per heavy atom. The average molecular weight is 554 g/mol. The van der Waals surface area contributed by atoms with Crippen molar-refractivity contribution >= 4 is 29.3 Å². The SMILES string of the molecule is CC[C@H](C)[C@H](NC(=O)COCCF)C(=O)N[C@H]1CCc2cccc3c2N(C1=O)[C@H](C(=O)NCc1ccncc1)C3. The average Bonchev–Trinajstić information content (AvgIpc) is 3.30. The van der Waals surface area contributed by atoms with Gasteiger partial charge in [0.15, 0.2) is 0 Å². The predicted molar refractivity (Wildman–Crippen MR) is 146 cm³/mol. The summed E-state index contributed by atoms with van der Waals surface area (Å²) >= 11 is 0. The van der Waals surface area contributed by atoms with E-state index < -0.39 is 36.6 Å². The first-order valence-electron chi connectivity index (χ1n) is 13.7. The van der Waals surface area contributed by atoms with Crippen LogP contribution in [0.3, 0.4) is 0 Å². The van der Waals surface area contributed by atoms with Gasteiger partial charge in [0, 0.05) is 25.4 Å². The molecule has 3 N–H and O–H groups in total. The summed E-state index contributed by atoms with van der Waals surface area (Å²) in [6.07, 6.45) is 5.17. The summed E-state index contributed by atoms with van der Waals surface area (Å²) in [7, 11) is 0. The van der Waals surface area contributed by atoms with E-state index in [4.69, 9.17) is 4.74 Å². The molecule has 0 bridgehead atoms. The first kappa shape index (κ1) is 29.1. The van der Waals surface area contributed by atoms with Crippen LogP contribution in [0.2, 0.25) is 0 Å². The number of carbonyl (C=O) groups excluding carboxylic acids is 4. The summed E-state index contributed by atoms with van der Waals surface area (Å²) in [5.74, 6) is -1.90. The molecule has 4 amide bonds. The number of amides is 4. The monoisotopic (exact) mass is 553 g/mol. The second-order valence-electron chi connectivity index (χ2n) is 10.2. The second-order valence-corrected chi connectivity index (χ2v) is 10.2. The predicted octanol–water partition coefficient (Wildman–Crippen LogP) is 1.60. The Labute approximate surface area is 233 Å². The molecule has 214 valence electrons. The molecular weight excluding hydrogens is 517 g/mol. The van der Waals surface area contributed by atoms with Gasteiger partial charge in [-0.1, -0.05) is 38.5 Å². The molecule has 1 aromatic carbocycles. The molecule has 10 nitrogen and oxygen atoms in total. The van der Waals surface area contributed by atoms with E-state index >= 15 is 0 Å². The molecule has 0 spiro atoms.